The van der Waals surface area contributed by atoms with E-state index in [0.717, 1.165) is 11.4 Å². The highest BCUT2D eigenvalue weighted by molar-refractivity contribution is 5.72. The number of non-ortho nitro benzene ring substituents is 1. The first-order valence-electron chi connectivity index (χ1n) is 4.19. The zero-order valence-electron chi connectivity index (χ0n) is 8.44. The van der Waals surface area contributed by atoms with Crippen molar-refractivity contribution in [3.05, 3.63) is 28.3 Å². The van der Waals surface area contributed by atoms with Gasteiger partial charge in [0.15, 0.2) is 0 Å². The Morgan fingerprint density at radius 3 is 2.50 bits per heavy atom. The molecule has 1 aromatic rings. The zero-order chi connectivity index (χ0) is 10.7. The lowest BCUT2D eigenvalue weighted by Crippen LogP contribution is -2.11. The van der Waals surface area contributed by atoms with Gasteiger partial charge in [-0.3, -0.25) is 10.1 Å². The lowest BCUT2D eigenvalue weighted by molar-refractivity contribution is -0.384. The van der Waals surface area contributed by atoms with E-state index in [-0.39, 0.29) is 5.69 Å². The van der Waals surface area contributed by atoms with Crippen molar-refractivity contribution < 1.29 is 4.92 Å². The van der Waals surface area contributed by atoms with Crippen LogP contribution in [0.2, 0.25) is 0 Å². The predicted octanol–water partition coefficient (Wildman–Crippen LogP) is 1.70. The summed E-state index contributed by atoms with van der Waals surface area (Å²) in [6.07, 6.45) is 0. The Balaban J connectivity index is 3.18. The van der Waals surface area contributed by atoms with Gasteiger partial charge in [0.1, 0.15) is 0 Å². The maximum Gasteiger partial charge on any atom is 0.271 e. The minimum Gasteiger partial charge on any atom is -0.386 e. The van der Waals surface area contributed by atoms with Gasteiger partial charge in [0, 0.05) is 33.3 Å². The van der Waals surface area contributed by atoms with E-state index >= 15 is 0 Å². The fourth-order valence-electron chi connectivity index (χ4n) is 1.23. The van der Waals surface area contributed by atoms with Gasteiger partial charge in [-0.2, -0.15) is 0 Å². The SMILES string of the molecule is CNc1cc([N+](=O)[O-])ccc1N(C)C. The Morgan fingerprint density at radius 2 is 2.07 bits per heavy atom. The van der Waals surface area contributed by atoms with Gasteiger partial charge in [-0.15, -0.1) is 0 Å². The van der Waals surface area contributed by atoms with Crippen molar-refractivity contribution in [2.75, 3.05) is 31.4 Å². The summed E-state index contributed by atoms with van der Waals surface area (Å²) in [7, 11) is 5.52. The van der Waals surface area contributed by atoms with Crippen LogP contribution in [0.3, 0.4) is 0 Å². The second kappa shape index (κ2) is 3.95. The molecule has 0 fully saturated rings. The van der Waals surface area contributed by atoms with Crippen LogP contribution in [0.25, 0.3) is 0 Å². The topological polar surface area (TPSA) is 58.4 Å². The first-order valence-corrected chi connectivity index (χ1v) is 4.19. The molecule has 0 bridgehead atoms. The molecule has 0 heterocycles. The van der Waals surface area contributed by atoms with Crippen LogP contribution in [-0.2, 0) is 0 Å². The van der Waals surface area contributed by atoms with Crippen LogP contribution in [0.1, 0.15) is 0 Å². The van der Waals surface area contributed by atoms with Crippen molar-refractivity contribution in [1.82, 2.24) is 0 Å². The fraction of sp³-hybridized carbons (Fsp3) is 0.333. The summed E-state index contributed by atoms with van der Waals surface area (Å²) >= 11 is 0. The highest BCUT2D eigenvalue weighted by atomic mass is 16.6. The minimum absolute atomic E-state index is 0.0972. The van der Waals surface area contributed by atoms with Crippen LogP contribution in [0, 0.1) is 10.1 Å². The van der Waals surface area contributed by atoms with Gasteiger partial charge in [0.2, 0.25) is 0 Å². The zero-order valence-corrected chi connectivity index (χ0v) is 8.44. The Labute approximate surface area is 82.5 Å². The third kappa shape index (κ3) is 1.93. The van der Waals surface area contributed by atoms with Crippen LogP contribution in [0.5, 0.6) is 0 Å². The summed E-state index contributed by atoms with van der Waals surface area (Å²) in [6.45, 7) is 0. The molecular weight excluding hydrogens is 182 g/mol. The standard InChI is InChI=1S/C9H13N3O2/c1-10-8-6-7(12(13)14)4-5-9(8)11(2)3/h4-6,10H,1-3H3. The number of nitrogens with one attached hydrogen (secondary N) is 1. The Morgan fingerprint density at radius 1 is 1.43 bits per heavy atom. The van der Waals surface area contributed by atoms with E-state index in [1.165, 1.54) is 12.1 Å². The molecule has 0 atom stereocenters. The molecule has 1 aromatic carbocycles. The Bertz CT molecular complexity index is 350. The van der Waals surface area contributed by atoms with E-state index < -0.39 is 4.92 Å². The van der Waals surface area contributed by atoms with Gasteiger partial charge < -0.3 is 10.2 Å². The van der Waals surface area contributed by atoms with E-state index in [9.17, 15) is 10.1 Å². The summed E-state index contributed by atoms with van der Waals surface area (Å²) in [5.41, 5.74) is 1.78. The molecule has 0 spiro atoms. The van der Waals surface area contributed by atoms with Crippen molar-refractivity contribution in [3.8, 4) is 0 Å². The minimum atomic E-state index is -0.403. The molecule has 0 saturated carbocycles. The number of benzene rings is 1. The number of nitro groups is 1. The van der Waals surface area contributed by atoms with Crippen molar-refractivity contribution in [3.63, 3.8) is 0 Å². The average molecular weight is 195 g/mol. The molecule has 0 saturated heterocycles. The molecule has 0 aliphatic rings. The normalized spacial score (nSPS) is 9.64. The maximum atomic E-state index is 10.5. The molecule has 1 rings (SSSR count). The number of nitro benzene ring substituents is 1. The van der Waals surface area contributed by atoms with Gasteiger partial charge in [-0.25, -0.2) is 0 Å². The molecule has 0 unspecified atom stereocenters. The van der Waals surface area contributed by atoms with Gasteiger partial charge in [-0.05, 0) is 6.07 Å². The van der Waals surface area contributed by atoms with Gasteiger partial charge >= 0.3 is 0 Å². The van der Waals surface area contributed by atoms with Crippen LogP contribution in [0.15, 0.2) is 18.2 Å². The summed E-state index contributed by atoms with van der Waals surface area (Å²) in [6, 6.07) is 4.75. The molecule has 0 amide bonds. The molecule has 5 heteroatoms. The molecule has 76 valence electrons. The number of nitrogens with zero attached hydrogens (tertiary/aromatic N) is 2. The maximum absolute atomic E-state index is 10.5. The highest BCUT2D eigenvalue weighted by Crippen LogP contribution is 2.28. The molecule has 0 radical (unpaired) electrons. The molecule has 1 N–H and O–H groups in total. The smallest absolute Gasteiger partial charge is 0.271 e. The van der Waals surface area contributed by atoms with Crippen LogP contribution >= 0.6 is 0 Å². The highest BCUT2D eigenvalue weighted by Gasteiger charge is 2.10. The summed E-state index contributed by atoms with van der Waals surface area (Å²) in [5, 5.41) is 13.4. The van der Waals surface area contributed by atoms with Gasteiger partial charge in [0.05, 0.1) is 16.3 Å². The summed E-state index contributed by atoms with van der Waals surface area (Å²) in [5.74, 6) is 0. The van der Waals surface area contributed by atoms with E-state index in [1.807, 2.05) is 19.0 Å². The molecule has 0 aliphatic heterocycles. The molecule has 0 aliphatic carbocycles. The Hall–Kier alpha value is -1.78. The fourth-order valence-corrected chi connectivity index (χ4v) is 1.23. The van der Waals surface area contributed by atoms with Crippen LogP contribution in [0.4, 0.5) is 17.1 Å². The third-order valence-corrected chi connectivity index (χ3v) is 1.94. The quantitative estimate of drug-likeness (QED) is 0.589. The van der Waals surface area contributed by atoms with E-state index in [0.29, 0.717) is 0 Å². The number of hydrogen-bond acceptors (Lipinski definition) is 4. The number of anilines is 2. The first kappa shape index (κ1) is 10.3. The van der Waals surface area contributed by atoms with E-state index in [4.69, 9.17) is 0 Å². The lowest BCUT2D eigenvalue weighted by Gasteiger charge is -2.16. The van der Waals surface area contributed by atoms with Crippen molar-refractivity contribution in [1.29, 1.82) is 0 Å². The van der Waals surface area contributed by atoms with E-state index in [2.05, 4.69) is 5.32 Å². The summed E-state index contributed by atoms with van der Waals surface area (Å²) < 4.78 is 0. The number of hydrogen-bond donors (Lipinski definition) is 1. The van der Waals surface area contributed by atoms with Crippen LogP contribution < -0.4 is 10.2 Å². The van der Waals surface area contributed by atoms with Crippen molar-refractivity contribution in [2.24, 2.45) is 0 Å². The Kier molecular flexibility index (Phi) is 2.91. The lowest BCUT2D eigenvalue weighted by atomic mass is 10.2. The van der Waals surface area contributed by atoms with Crippen molar-refractivity contribution in [2.45, 2.75) is 0 Å². The van der Waals surface area contributed by atoms with E-state index in [1.54, 1.807) is 13.1 Å². The molecule has 0 aromatic heterocycles. The van der Waals surface area contributed by atoms with Gasteiger partial charge in [0.25, 0.3) is 5.69 Å². The van der Waals surface area contributed by atoms with Crippen LogP contribution in [-0.4, -0.2) is 26.1 Å². The predicted molar refractivity (Wildman–Crippen MR) is 57.0 cm³/mol. The first-order chi connectivity index (χ1) is 6.56. The molecule has 5 nitrogen and oxygen atoms in total. The third-order valence-electron chi connectivity index (χ3n) is 1.94. The monoisotopic (exact) mass is 195 g/mol. The van der Waals surface area contributed by atoms with Gasteiger partial charge in [-0.1, -0.05) is 0 Å². The van der Waals surface area contributed by atoms with Crippen molar-refractivity contribution >= 4 is 17.1 Å². The average Bonchev–Trinajstić information content (AvgIpc) is 2.16. The molecular formula is C9H13N3O2. The largest absolute Gasteiger partial charge is 0.386 e. The number of rotatable bonds is 3. The second-order valence-electron chi connectivity index (χ2n) is 3.10. The summed E-state index contributed by atoms with van der Waals surface area (Å²) in [4.78, 5) is 12.0. The second-order valence-corrected chi connectivity index (χ2v) is 3.10. The molecule has 14 heavy (non-hydrogen) atoms.